The van der Waals surface area contributed by atoms with Crippen LogP contribution in [-0.4, -0.2) is 65.2 Å². The monoisotopic (exact) mass is 478 g/mol. The van der Waals surface area contributed by atoms with Crippen LogP contribution < -0.4 is 0 Å². The van der Waals surface area contributed by atoms with Gasteiger partial charge in [-0.2, -0.15) is 52.7 Å². The zero-order valence-corrected chi connectivity index (χ0v) is 16.4. The lowest BCUT2D eigenvalue weighted by Crippen LogP contribution is -2.71. The highest BCUT2D eigenvalue weighted by Crippen LogP contribution is 2.59. The van der Waals surface area contributed by atoms with E-state index in [2.05, 4.69) is 13.3 Å². The lowest BCUT2D eigenvalue weighted by Gasteiger charge is -2.41. The Morgan fingerprint density at radius 3 is 1.34 bits per heavy atom. The fourth-order valence-corrected chi connectivity index (χ4v) is 3.94. The van der Waals surface area contributed by atoms with Gasteiger partial charge in [0.2, 0.25) is 0 Å². The van der Waals surface area contributed by atoms with Crippen LogP contribution in [-0.2, 0) is 13.3 Å². The first kappa shape index (κ1) is 28.3. The van der Waals surface area contributed by atoms with Gasteiger partial charge in [-0.25, -0.2) is 0 Å². The zero-order valence-electron chi connectivity index (χ0n) is 15.4. The average Bonchev–Trinajstić information content (AvgIpc) is 2.57. The van der Waals surface area contributed by atoms with Gasteiger partial charge in [-0.1, -0.05) is 13.3 Å². The quantitative estimate of drug-likeness (QED) is 0.275. The second kappa shape index (κ2) is 8.41. The molecule has 0 aliphatic carbocycles. The summed E-state index contributed by atoms with van der Waals surface area (Å²) in [6, 6.07) is -0.283. The summed E-state index contributed by atoms with van der Waals surface area (Å²) in [6.45, 7) is -2.22. The summed E-state index contributed by atoms with van der Waals surface area (Å²) >= 11 is 0. The van der Waals surface area contributed by atoms with Crippen molar-refractivity contribution in [2.45, 2.75) is 61.8 Å². The van der Waals surface area contributed by atoms with Gasteiger partial charge >= 0.3 is 44.3 Å². The van der Waals surface area contributed by atoms with E-state index in [1.54, 1.807) is 0 Å². The minimum Gasteiger partial charge on any atom is -0.377 e. The third kappa shape index (κ3) is 4.63. The molecular weight excluding hydrogens is 460 g/mol. The molecule has 0 fully saturated rings. The number of halogens is 12. The van der Waals surface area contributed by atoms with Crippen LogP contribution in [0.3, 0.4) is 0 Å². The molecule has 16 heteroatoms. The summed E-state index contributed by atoms with van der Waals surface area (Å²) in [5, 5.41) is 0. The lowest BCUT2D eigenvalue weighted by molar-refractivity contribution is -0.424. The van der Waals surface area contributed by atoms with Crippen LogP contribution in [0.15, 0.2) is 0 Å². The summed E-state index contributed by atoms with van der Waals surface area (Å²) in [6.07, 6.45) is 0.113. The van der Waals surface area contributed by atoms with Crippen molar-refractivity contribution in [3.63, 3.8) is 0 Å². The van der Waals surface area contributed by atoms with Crippen LogP contribution in [0.2, 0.25) is 6.04 Å². The molecule has 0 aromatic heterocycles. The molecule has 176 valence electrons. The maximum absolute atomic E-state index is 13.7. The fraction of sp³-hybridized carbons (Fsp3) is 1.00. The van der Waals surface area contributed by atoms with Crippen LogP contribution in [0, 0.1) is 0 Å². The van der Waals surface area contributed by atoms with Gasteiger partial charge in [0.05, 0.1) is 0 Å². The highest BCUT2D eigenvalue weighted by atomic mass is 28.4. The molecule has 0 atom stereocenters. The smallest absolute Gasteiger partial charge is 0.377 e. The summed E-state index contributed by atoms with van der Waals surface area (Å²) < 4.78 is 174. The minimum atomic E-state index is -7.61. The van der Waals surface area contributed by atoms with Crippen molar-refractivity contribution < 1.29 is 66.0 Å². The van der Waals surface area contributed by atoms with E-state index in [9.17, 15) is 52.7 Å². The van der Waals surface area contributed by atoms with E-state index in [-0.39, 0.29) is 12.5 Å². The number of hydrogen-bond acceptors (Lipinski definition) is 3. The van der Waals surface area contributed by atoms with Crippen molar-refractivity contribution in [1.82, 2.24) is 0 Å². The van der Waals surface area contributed by atoms with Gasteiger partial charge in [-0.05, 0) is 0 Å². The molecule has 29 heavy (non-hydrogen) atoms. The van der Waals surface area contributed by atoms with Crippen LogP contribution in [0.25, 0.3) is 0 Å². The normalized spacial score (nSPS) is 15.7. The van der Waals surface area contributed by atoms with Crippen molar-refractivity contribution in [1.29, 1.82) is 0 Å². The van der Waals surface area contributed by atoms with Gasteiger partial charge in [0.1, 0.15) is 6.61 Å². The molecule has 3 nitrogen and oxygen atoms in total. The van der Waals surface area contributed by atoms with Crippen LogP contribution in [0.5, 0.6) is 0 Å². The SMILES string of the molecule is CCC[Si](OC)(OC)OCC(F)(F)C(F)(F)C(F)(F)C(F)(F)C(F)(F)C(C)(F)F. The molecule has 0 aromatic carbocycles. The van der Waals surface area contributed by atoms with E-state index in [1.165, 1.54) is 6.92 Å². The summed E-state index contributed by atoms with van der Waals surface area (Å²) in [5.74, 6) is -41.6. The Morgan fingerprint density at radius 2 is 1.03 bits per heavy atom. The molecule has 0 amide bonds. The largest absolute Gasteiger partial charge is 0.500 e. The van der Waals surface area contributed by atoms with Gasteiger partial charge < -0.3 is 13.3 Å². The predicted octanol–water partition coefficient (Wildman–Crippen LogP) is 5.48. The number of alkyl halides is 12. The maximum atomic E-state index is 13.7. The highest BCUT2D eigenvalue weighted by Gasteiger charge is 2.89. The predicted molar refractivity (Wildman–Crippen MR) is 76.2 cm³/mol. The Labute approximate surface area is 158 Å². The highest BCUT2D eigenvalue weighted by molar-refractivity contribution is 6.60. The molecule has 0 N–H and O–H groups in total. The summed E-state index contributed by atoms with van der Waals surface area (Å²) in [4.78, 5) is 0. The van der Waals surface area contributed by atoms with E-state index >= 15 is 0 Å². The Morgan fingerprint density at radius 1 is 0.655 bits per heavy atom. The summed E-state index contributed by atoms with van der Waals surface area (Å²) in [5.41, 5.74) is 0. The number of hydrogen-bond donors (Lipinski definition) is 0. The van der Waals surface area contributed by atoms with Gasteiger partial charge in [-0.3, -0.25) is 0 Å². The molecule has 0 unspecified atom stereocenters. The number of rotatable bonds is 12. The molecular formula is C13H18F12O3Si. The Bertz CT molecular complexity index is 546. The second-order valence-electron chi connectivity index (χ2n) is 6.02. The van der Waals surface area contributed by atoms with Crippen molar-refractivity contribution in [3.8, 4) is 0 Å². The topological polar surface area (TPSA) is 27.7 Å². The van der Waals surface area contributed by atoms with E-state index in [0.29, 0.717) is 0 Å². The van der Waals surface area contributed by atoms with E-state index in [4.69, 9.17) is 0 Å². The molecule has 0 radical (unpaired) electrons. The third-order valence-corrected chi connectivity index (χ3v) is 6.79. The van der Waals surface area contributed by atoms with Crippen LogP contribution in [0.1, 0.15) is 20.3 Å². The van der Waals surface area contributed by atoms with E-state index < -0.39 is 57.9 Å². The molecule has 0 aliphatic rings. The molecule has 0 aromatic rings. The molecule has 0 heterocycles. The van der Waals surface area contributed by atoms with Crippen molar-refractivity contribution in [2.75, 3.05) is 20.8 Å². The molecule has 0 rings (SSSR count). The minimum absolute atomic E-state index is 0.113. The van der Waals surface area contributed by atoms with Gasteiger partial charge in [-0.15, -0.1) is 0 Å². The van der Waals surface area contributed by atoms with Crippen molar-refractivity contribution in [2.24, 2.45) is 0 Å². The Hall–Kier alpha value is -0.743. The summed E-state index contributed by atoms with van der Waals surface area (Å²) in [7, 11) is -2.43. The zero-order chi connectivity index (χ0) is 23.7. The molecule has 0 spiro atoms. The van der Waals surface area contributed by atoms with Crippen LogP contribution >= 0.6 is 0 Å². The third-order valence-electron chi connectivity index (χ3n) is 3.85. The second-order valence-corrected chi connectivity index (χ2v) is 8.99. The Balaban J connectivity index is 6.05. The van der Waals surface area contributed by atoms with E-state index in [1.807, 2.05) is 0 Å². The molecule has 0 bridgehead atoms. The molecule has 0 saturated heterocycles. The average molecular weight is 478 g/mol. The van der Waals surface area contributed by atoms with Gasteiger partial charge in [0.15, 0.2) is 0 Å². The first-order valence-electron chi connectivity index (χ1n) is 7.65. The fourth-order valence-electron chi connectivity index (χ4n) is 1.97. The maximum Gasteiger partial charge on any atom is 0.500 e. The van der Waals surface area contributed by atoms with E-state index in [0.717, 1.165) is 14.2 Å². The van der Waals surface area contributed by atoms with Crippen LogP contribution in [0.4, 0.5) is 52.7 Å². The van der Waals surface area contributed by atoms with Crippen molar-refractivity contribution >= 4 is 8.80 Å². The molecule has 0 aliphatic heterocycles. The van der Waals surface area contributed by atoms with Gasteiger partial charge in [0, 0.05) is 27.2 Å². The van der Waals surface area contributed by atoms with Crippen molar-refractivity contribution in [3.05, 3.63) is 0 Å². The first-order valence-corrected chi connectivity index (χ1v) is 9.58. The van der Waals surface area contributed by atoms with Gasteiger partial charge in [0.25, 0.3) is 0 Å². The first-order chi connectivity index (χ1) is 12.6. The standard InChI is InChI=1S/C13H18F12O3Si/c1-5-6-29(26-3,27-4)28-7-9(16,17)11(20,21)13(24,25)12(22,23)10(18,19)8(2,14)15/h5-7H2,1-4H3. The Kier molecular flexibility index (Phi) is 8.20. The molecule has 0 saturated carbocycles. The lowest BCUT2D eigenvalue weighted by atomic mass is 9.92.